The molecule has 5 fully saturated rings. The molecular formula is C44H46F3N9O5. The number of imide groups is 2. The predicted molar refractivity (Wildman–Crippen MR) is 218 cm³/mol. The number of alkyl halides is 3. The molecule has 14 nitrogen and oxygen atoms in total. The highest BCUT2D eigenvalue weighted by atomic mass is 19.4. The first-order valence-electron chi connectivity index (χ1n) is 21.0. The molecule has 0 radical (unpaired) electrons. The number of piperidine rings is 3. The van der Waals surface area contributed by atoms with Gasteiger partial charge in [0.15, 0.2) is 0 Å². The summed E-state index contributed by atoms with van der Waals surface area (Å²) in [6.07, 6.45) is 0.462. The summed E-state index contributed by atoms with van der Waals surface area (Å²) in [5.41, 5.74) is 1.52. The molecule has 5 saturated heterocycles. The molecular weight excluding hydrogens is 792 g/mol. The molecule has 2 N–H and O–H groups in total. The number of pyridine rings is 1. The molecule has 0 bridgehead atoms. The number of halogens is 3. The fourth-order valence-electron chi connectivity index (χ4n) is 10.2. The number of nitrogens with zero attached hydrogens (tertiary/aromatic N) is 7. The molecule has 17 heteroatoms. The highest BCUT2D eigenvalue weighted by Crippen LogP contribution is 2.39. The van der Waals surface area contributed by atoms with Crippen LogP contribution in [-0.2, 0) is 20.6 Å². The molecule has 3 aromatic rings. The van der Waals surface area contributed by atoms with Gasteiger partial charge in [0.25, 0.3) is 11.8 Å². The summed E-state index contributed by atoms with van der Waals surface area (Å²) in [6.45, 7) is 7.49. The van der Waals surface area contributed by atoms with Crippen molar-refractivity contribution < 1.29 is 37.1 Å². The van der Waals surface area contributed by atoms with Crippen LogP contribution in [0.25, 0.3) is 0 Å². The Kier molecular flexibility index (Phi) is 10.7. The minimum Gasteiger partial charge on any atom is -0.371 e. The average molecular weight is 838 g/mol. The summed E-state index contributed by atoms with van der Waals surface area (Å²) in [5.74, 6) is -0.394. The highest BCUT2D eigenvalue weighted by molar-refractivity contribution is 6.23. The third-order valence-electron chi connectivity index (χ3n) is 13.5. The average Bonchev–Trinajstić information content (AvgIpc) is 3.90. The van der Waals surface area contributed by atoms with Crippen LogP contribution < -0.4 is 25.3 Å². The standard InChI is InChI=1S/C44H46F3N9O5/c45-44(46,47)36-18-32(2-1-28(36)19-48)53-15-11-27(12-16-53)40(58)50-38-7-4-33(20-49-38)54-13-9-26(10-14-54)21-52-22-29-24-55(25-30(29)23-52)31-3-5-34-35(17-31)43(61)56(42(34)60)37-6-8-39(57)51-41(37)59/h1-5,7,17-18,20,26-27,29-30,37H,6,8-16,21-25H2,(H,49,50,58)(H,51,57,59). The van der Waals surface area contributed by atoms with Crippen molar-refractivity contribution in [3.63, 3.8) is 0 Å². The molecule has 0 aliphatic carbocycles. The van der Waals surface area contributed by atoms with Crippen molar-refractivity contribution in [1.29, 1.82) is 5.26 Å². The fourth-order valence-corrected chi connectivity index (χ4v) is 10.2. The minimum absolute atomic E-state index is 0.0830. The highest BCUT2D eigenvalue weighted by Gasteiger charge is 2.46. The van der Waals surface area contributed by atoms with Crippen LogP contribution in [0.4, 0.5) is 36.1 Å². The van der Waals surface area contributed by atoms with E-state index in [-0.39, 0.29) is 24.7 Å². The molecule has 9 rings (SSSR count). The van der Waals surface area contributed by atoms with Crippen LogP contribution in [0, 0.1) is 35.0 Å². The number of nitrogens with one attached hydrogen (secondary N) is 2. The third kappa shape index (κ3) is 8.01. The van der Waals surface area contributed by atoms with Crippen LogP contribution in [0.5, 0.6) is 0 Å². The zero-order valence-electron chi connectivity index (χ0n) is 33.5. The number of hydrogen-bond acceptors (Lipinski definition) is 11. The molecule has 0 spiro atoms. The number of carbonyl (C=O) groups excluding carboxylic acids is 5. The fraction of sp³-hybridized carbons (Fsp3) is 0.477. The van der Waals surface area contributed by atoms with Gasteiger partial charge in [-0.1, -0.05) is 0 Å². The third-order valence-corrected chi connectivity index (χ3v) is 13.5. The molecule has 318 valence electrons. The molecule has 1 aromatic heterocycles. The van der Waals surface area contributed by atoms with E-state index in [0.717, 1.165) is 81.0 Å². The first-order valence-corrected chi connectivity index (χ1v) is 21.0. The number of likely N-dealkylation sites (tertiary alicyclic amines) is 1. The summed E-state index contributed by atoms with van der Waals surface area (Å²) < 4.78 is 40.4. The van der Waals surface area contributed by atoms with Crippen LogP contribution >= 0.6 is 0 Å². The number of fused-ring (bicyclic) bond motifs is 2. The van der Waals surface area contributed by atoms with E-state index < -0.39 is 47.0 Å². The zero-order chi connectivity index (χ0) is 42.6. The van der Waals surface area contributed by atoms with E-state index in [1.165, 1.54) is 12.1 Å². The van der Waals surface area contributed by atoms with Gasteiger partial charge in [0, 0.05) is 82.6 Å². The van der Waals surface area contributed by atoms with Crippen molar-refractivity contribution in [2.75, 3.05) is 78.9 Å². The number of hydrogen-bond donors (Lipinski definition) is 2. The quantitative estimate of drug-likeness (QED) is 0.307. The summed E-state index contributed by atoms with van der Waals surface area (Å²) >= 11 is 0. The summed E-state index contributed by atoms with van der Waals surface area (Å²) in [5, 5.41) is 14.3. The Hall–Kier alpha value is -6.02. The predicted octanol–water partition coefficient (Wildman–Crippen LogP) is 4.51. The van der Waals surface area contributed by atoms with Crippen molar-refractivity contribution in [2.24, 2.45) is 23.7 Å². The van der Waals surface area contributed by atoms with Gasteiger partial charge in [-0.15, -0.1) is 0 Å². The van der Waals surface area contributed by atoms with Crippen LogP contribution in [0.3, 0.4) is 0 Å². The van der Waals surface area contributed by atoms with Crippen molar-refractivity contribution in [1.82, 2.24) is 20.1 Å². The zero-order valence-corrected chi connectivity index (χ0v) is 33.5. The van der Waals surface area contributed by atoms with Gasteiger partial charge in [-0.25, -0.2) is 4.98 Å². The molecule has 61 heavy (non-hydrogen) atoms. The Bertz CT molecular complexity index is 2290. The maximum Gasteiger partial charge on any atom is 0.417 e. The molecule has 2 aromatic carbocycles. The smallest absolute Gasteiger partial charge is 0.371 e. The number of carbonyl (C=O) groups is 5. The Labute approximate surface area is 350 Å². The Balaban J connectivity index is 0.706. The number of benzene rings is 2. The lowest BCUT2D eigenvalue weighted by atomic mass is 9.95. The van der Waals surface area contributed by atoms with Crippen molar-refractivity contribution in [3.05, 3.63) is 77.0 Å². The van der Waals surface area contributed by atoms with Gasteiger partial charge in [-0.05, 0) is 98.4 Å². The number of amides is 5. The monoisotopic (exact) mass is 837 g/mol. The lowest BCUT2D eigenvalue weighted by Gasteiger charge is -2.35. The SMILES string of the molecule is N#Cc1ccc(N2CCC(C(=O)Nc3ccc(N4CCC(CN5CC6CN(c7ccc8c(c7)C(=O)N(C7CCC(=O)NC7=O)C8=O)CC6C5)CC4)cn3)CC2)cc1C(F)(F)F. The maximum atomic E-state index is 13.5. The van der Waals surface area contributed by atoms with Gasteiger partial charge in [-0.2, -0.15) is 18.4 Å². The molecule has 6 aliphatic rings. The Morgan fingerprint density at radius 1 is 0.787 bits per heavy atom. The van der Waals surface area contributed by atoms with E-state index in [9.17, 15) is 37.1 Å². The molecule has 0 saturated carbocycles. The van der Waals surface area contributed by atoms with Crippen LogP contribution in [0.2, 0.25) is 0 Å². The van der Waals surface area contributed by atoms with E-state index in [0.29, 0.717) is 66.3 Å². The number of rotatable bonds is 8. The van der Waals surface area contributed by atoms with E-state index in [4.69, 9.17) is 5.26 Å². The Morgan fingerprint density at radius 3 is 2.08 bits per heavy atom. The van der Waals surface area contributed by atoms with Gasteiger partial charge in [0.1, 0.15) is 11.9 Å². The van der Waals surface area contributed by atoms with Gasteiger partial charge in [0.05, 0.1) is 40.2 Å². The van der Waals surface area contributed by atoms with Crippen LogP contribution in [0.1, 0.15) is 70.4 Å². The van der Waals surface area contributed by atoms with Gasteiger partial charge >= 0.3 is 6.18 Å². The lowest BCUT2D eigenvalue weighted by molar-refractivity contribution is -0.138. The molecule has 5 amide bonds. The number of anilines is 4. The van der Waals surface area contributed by atoms with E-state index >= 15 is 0 Å². The molecule has 7 heterocycles. The number of nitriles is 1. The maximum absolute atomic E-state index is 13.5. The van der Waals surface area contributed by atoms with E-state index in [2.05, 4.69) is 30.3 Å². The van der Waals surface area contributed by atoms with Gasteiger partial charge in [-0.3, -0.25) is 34.2 Å². The molecule has 3 unspecified atom stereocenters. The first kappa shape index (κ1) is 40.4. The largest absolute Gasteiger partial charge is 0.417 e. The lowest BCUT2D eigenvalue weighted by Crippen LogP contribution is -2.54. The second-order valence-electron chi connectivity index (χ2n) is 17.2. The topological polar surface area (TPSA) is 162 Å². The van der Waals surface area contributed by atoms with Crippen molar-refractivity contribution >= 4 is 52.4 Å². The molecule has 3 atom stereocenters. The second-order valence-corrected chi connectivity index (χ2v) is 17.2. The minimum atomic E-state index is -4.63. The van der Waals surface area contributed by atoms with Gasteiger partial charge in [0.2, 0.25) is 17.7 Å². The van der Waals surface area contributed by atoms with E-state index in [1.807, 2.05) is 23.1 Å². The first-order chi connectivity index (χ1) is 29.3. The molecule has 6 aliphatic heterocycles. The van der Waals surface area contributed by atoms with Gasteiger partial charge < -0.3 is 24.9 Å². The second kappa shape index (κ2) is 16.1. The summed E-state index contributed by atoms with van der Waals surface area (Å²) in [7, 11) is 0. The van der Waals surface area contributed by atoms with Crippen molar-refractivity contribution in [2.45, 2.75) is 50.7 Å². The van der Waals surface area contributed by atoms with E-state index in [1.54, 1.807) is 24.4 Å². The van der Waals surface area contributed by atoms with Crippen molar-refractivity contribution in [3.8, 4) is 6.07 Å². The van der Waals surface area contributed by atoms with Crippen LogP contribution in [0.15, 0.2) is 54.7 Å². The normalized spacial score (nSPS) is 23.9. The summed E-state index contributed by atoms with van der Waals surface area (Å²) in [4.78, 5) is 78.3. The Morgan fingerprint density at radius 2 is 1.43 bits per heavy atom. The van der Waals surface area contributed by atoms with Crippen LogP contribution in [-0.4, -0.2) is 109 Å². The summed E-state index contributed by atoms with van der Waals surface area (Å²) in [6, 6.07) is 13.5. The number of aromatic nitrogens is 1.